The average molecular weight is 164 g/mol. The minimum atomic E-state index is -5.38. The van der Waals surface area contributed by atoms with Crippen LogP contribution in [0.2, 0.25) is 0 Å². The van der Waals surface area contributed by atoms with Crippen LogP contribution >= 0.6 is 0 Å². The van der Waals surface area contributed by atoms with E-state index in [9.17, 15) is 0 Å². The summed E-state index contributed by atoms with van der Waals surface area (Å²) in [5.41, 5.74) is 6.64. The Morgan fingerprint density at radius 1 is 1.38 bits per heavy atom. The first-order chi connectivity index (χ1) is 3.41. The Balaban J connectivity index is 0. The number of rotatable bonds is 0. The van der Waals surface area contributed by atoms with E-state index in [-0.39, 0.29) is 0 Å². The van der Waals surface area contributed by atoms with E-state index in [1.54, 1.807) is 0 Å². The van der Waals surface area contributed by atoms with Crippen molar-refractivity contribution < 1.29 is 28.7 Å². The van der Waals surface area contributed by atoms with Crippen molar-refractivity contribution in [2.45, 2.75) is 0 Å². The predicted molar refractivity (Wildman–Crippen MR) is 13.1 cm³/mol. The fraction of sp³-hybridized carbons (Fsp3) is 0. The monoisotopic (exact) mass is 164 g/mol. The Kier molecular flexibility index (Phi) is 5.56. The zero-order valence-corrected chi connectivity index (χ0v) is 4.53. The van der Waals surface area contributed by atoms with Gasteiger partial charge in [-0.05, 0) is 0 Å². The topological polar surface area (TPSA) is 125 Å². The molecule has 0 aromatic carbocycles. The molecule has 0 aliphatic heterocycles. The normalized spacial score (nSPS) is 8.12. The van der Waals surface area contributed by atoms with E-state index in [4.69, 9.17) is 26.1 Å². The van der Waals surface area contributed by atoms with Crippen molar-refractivity contribution >= 4 is 0 Å². The van der Waals surface area contributed by atoms with Crippen LogP contribution < -0.4 is 4.97 Å². The van der Waals surface area contributed by atoms with E-state index in [0.29, 0.717) is 0 Å². The van der Waals surface area contributed by atoms with Gasteiger partial charge in [0, 0.05) is 0 Å². The van der Waals surface area contributed by atoms with E-state index < -0.39 is 13.0 Å². The summed E-state index contributed by atoms with van der Waals surface area (Å²) in [7, 11) is 0. The molecule has 0 bridgehead atoms. The van der Waals surface area contributed by atoms with Gasteiger partial charge in [0.05, 0.1) is 0 Å². The maximum atomic E-state index is 8.69. The van der Waals surface area contributed by atoms with Gasteiger partial charge in [-0.3, -0.25) is 5.53 Å². The van der Waals surface area contributed by atoms with E-state index in [0.717, 1.165) is 0 Å². The molecule has 48 valence electrons. The van der Waals surface area contributed by atoms with Crippen LogP contribution in [0.25, 0.3) is 5.53 Å². The Morgan fingerprint density at radius 3 is 1.38 bits per heavy atom. The molecule has 8 heavy (non-hydrogen) atoms. The second kappa shape index (κ2) is 4.35. The summed E-state index contributed by atoms with van der Waals surface area (Å²) in [6, 6.07) is 0. The van der Waals surface area contributed by atoms with Gasteiger partial charge in [0.1, 0.15) is 4.97 Å². The van der Waals surface area contributed by atoms with Gasteiger partial charge < -0.3 is 0 Å². The van der Waals surface area contributed by atoms with Crippen LogP contribution in [-0.4, -0.2) is 4.19 Å². The van der Waals surface area contributed by atoms with Crippen molar-refractivity contribution in [2.75, 3.05) is 0 Å². The van der Waals surface area contributed by atoms with Crippen LogP contribution in [0, 0.1) is 4.91 Å². The molecule has 8 heteroatoms. The van der Waals surface area contributed by atoms with Crippen LogP contribution in [0.5, 0.6) is 0 Å². The molecule has 0 aliphatic rings. The zero-order valence-electron chi connectivity index (χ0n) is 3.35. The first-order valence-electron chi connectivity index (χ1n) is 1.01. The number of hydrogen-bond acceptors (Lipinski definition) is 4. The first-order valence-corrected chi connectivity index (χ1v) is 2.99. The van der Waals surface area contributed by atoms with E-state index >= 15 is 0 Å². The fourth-order valence-corrected chi connectivity index (χ4v) is 0. The molecule has 0 unspecified atom stereocenters. The molecule has 0 spiro atoms. The molecule has 0 atom stereocenters. The molecule has 0 aromatic heterocycles. The Morgan fingerprint density at radius 2 is 1.38 bits per heavy atom. The van der Waals surface area contributed by atoms with Crippen LogP contribution in [0.15, 0.2) is 0 Å². The standard InChI is InChI=1S/Mn.N2O.H2O.3O/c;1-2-3;;;;/h;;1H2;;;/q+1;;;;;/p-1. The molecule has 0 radical (unpaired) electrons. The third kappa shape index (κ3) is 139. The summed E-state index contributed by atoms with van der Waals surface area (Å²) >= 11 is -5.38. The van der Waals surface area contributed by atoms with Gasteiger partial charge in [-0.2, -0.15) is 0 Å². The summed E-state index contributed by atoms with van der Waals surface area (Å²) in [6.45, 7) is 0. The minimum absolute atomic E-state index is 1.25. The molecule has 0 aromatic rings. The van der Waals surface area contributed by atoms with Gasteiger partial charge in [0.25, 0.3) is 0 Å². The summed E-state index contributed by atoms with van der Waals surface area (Å²) in [5, 5.41) is 0. The molecular weight excluding hydrogens is 163 g/mol. The summed E-state index contributed by atoms with van der Waals surface area (Å²) in [4.78, 5) is 9.36. The van der Waals surface area contributed by atoms with Crippen LogP contribution in [0.4, 0.5) is 0 Å². The first kappa shape index (κ1) is 10.2. The number of nitroso groups, excluding NO2 is 1. The molecule has 0 rings (SSSR count). The fourth-order valence-electron chi connectivity index (χ4n) is 0. The van der Waals surface area contributed by atoms with Gasteiger partial charge in [0.15, 0.2) is 4.91 Å². The zero-order chi connectivity index (χ0) is 7.21. The van der Waals surface area contributed by atoms with Gasteiger partial charge >= 0.3 is 28.7 Å². The molecule has 1 N–H and O–H groups in total. The third-order valence-corrected chi connectivity index (χ3v) is 0. The van der Waals surface area contributed by atoms with E-state index in [1.807, 2.05) is 0 Å². The molecular formula is HMnN2O5. The molecule has 0 fully saturated rings. The molecule has 7 nitrogen and oxygen atoms in total. The van der Waals surface area contributed by atoms with Crippen LogP contribution in [0.1, 0.15) is 0 Å². The maximum absolute atomic E-state index is 8.69. The van der Waals surface area contributed by atoms with Gasteiger partial charge in [0.2, 0.25) is 0 Å². The summed E-state index contributed by atoms with van der Waals surface area (Å²) in [5.74, 6) is 0. The molecule has 0 saturated heterocycles. The van der Waals surface area contributed by atoms with Crippen molar-refractivity contribution in [2.24, 2.45) is 0 Å². The molecule has 0 aliphatic carbocycles. The van der Waals surface area contributed by atoms with Crippen molar-refractivity contribution in [1.82, 2.24) is 4.97 Å². The SMILES string of the molecule is [N-]=[N+]=O.[O]=[Mn](=[O])(=[O])[OH]. The molecule has 0 heterocycles. The average Bonchev–Trinajstić information content (AvgIpc) is 1.27. The predicted octanol–water partition coefficient (Wildman–Crippen LogP) is -1.07. The van der Waals surface area contributed by atoms with Crippen LogP contribution in [-0.2, 0) is 24.5 Å². The Hall–Kier alpha value is -0.811. The Labute approximate surface area is 45.0 Å². The van der Waals surface area contributed by atoms with E-state index in [1.165, 1.54) is 4.97 Å². The summed E-state index contributed by atoms with van der Waals surface area (Å²) in [6.07, 6.45) is 0. The van der Waals surface area contributed by atoms with Gasteiger partial charge in [-0.1, -0.05) is 0 Å². The van der Waals surface area contributed by atoms with Gasteiger partial charge in [-0.15, -0.1) is 0 Å². The van der Waals surface area contributed by atoms with Crippen molar-refractivity contribution in [1.29, 1.82) is 0 Å². The van der Waals surface area contributed by atoms with Crippen molar-refractivity contribution in [3.63, 3.8) is 0 Å². The second-order valence-electron chi connectivity index (χ2n) is 0.478. The third-order valence-electron chi connectivity index (χ3n) is 0. The second-order valence-corrected chi connectivity index (χ2v) is 1.71. The van der Waals surface area contributed by atoms with Crippen molar-refractivity contribution in [3.05, 3.63) is 10.4 Å². The molecule has 0 amide bonds. The quantitative estimate of drug-likeness (QED) is 0.277. The Bertz CT molecular complexity index is 194. The van der Waals surface area contributed by atoms with Crippen molar-refractivity contribution in [3.8, 4) is 0 Å². The number of hydrogen-bond donors (Lipinski definition) is 1. The summed E-state index contributed by atoms with van der Waals surface area (Å²) < 4.78 is 33.1. The number of nitrogens with zero attached hydrogens (tertiary/aromatic N) is 2. The van der Waals surface area contributed by atoms with Crippen LogP contribution in [0.3, 0.4) is 0 Å². The molecule has 0 saturated carbocycles. The van der Waals surface area contributed by atoms with E-state index in [2.05, 4.69) is 0 Å². The van der Waals surface area contributed by atoms with Gasteiger partial charge in [-0.25, -0.2) is 0 Å².